The molecule has 0 atom stereocenters. The molecule has 0 unspecified atom stereocenters. The molecule has 15 heavy (non-hydrogen) atoms. The molecule has 0 saturated carbocycles. The van der Waals surface area contributed by atoms with E-state index in [0.29, 0.717) is 13.1 Å². The summed E-state index contributed by atoms with van der Waals surface area (Å²) in [5.41, 5.74) is 0.970. The lowest BCUT2D eigenvalue weighted by atomic mass is 9.99. The van der Waals surface area contributed by atoms with E-state index in [1.807, 2.05) is 29.2 Å². The van der Waals surface area contributed by atoms with Crippen LogP contribution in [0.1, 0.15) is 0 Å². The second-order valence-electron chi connectivity index (χ2n) is 3.61. The number of hydrogen-bond acceptors (Lipinski definition) is 3. The zero-order valence-corrected chi connectivity index (χ0v) is 8.51. The molecule has 0 bridgehead atoms. The number of methoxy groups -OCH3 is 1. The van der Waals surface area contributed by atoms with Crippen molar-refractivity contribution >= 4 is 11.7 Å². The zero-order valence-electron chi connectivity index (χ0n) is 8.51. The van der Waals surface area contributed by atoms with E-state index >= 15 is 0 Å². The summed E-state index contributed by atoms with van der Waals surface area (Å²) in [4.78, 5) is 12.7. The van der Waals surface area contributed by atoms with Gasteiger partial charge in [-0.2, -0.15) is 0 Å². The van der Waals surface area contributed by atoms with Gasteiger partial charge < -0.3 is 14.7 Å². The maximum absolute atomic E-state index is 10.7. The van der Waals surface area contributed by atoms with Crippen LogP contribution in [0.4, 0.5) is 5.69 Å². The Morgan fingerprint density at radius 3 is 2.73 bits per heavy atom. The molecule has 1 aliphatic rings. The van der Waals surface area contributed by atoms with E-state index in [1.54, 1.807) is 7.11 Å². The van der Waals surface area contributed by atoms with Crippen molar-refractivity contribution in [2.75, 3.05) is 25.1 Å². The highest BCUT2D eigenvalue weighted by molar-refractivity contribution is 5.75. The number of anilines is 1. The van der Waals surface area contributed by atoms with Gasteiger partial charge in [0.05, 0.1) is 18.7 Å². The van der Waals surface area contributed by atoms with Gasteiger partial charge in [-0.05, 0) is 12.1 Å². The first-order valence-corrected chi connectivity index (χ1v) is 4.83. The number of para-hydroxylation sites is 2. The minimum Gasteiger partial charge on any atom is -0.495 e. The van der Waals surface area contributed by atoms with Gasteiger partial charge in [0, 0.05) is 13.1 Å². The molecule has 1 fully saturated rings. The van der Waals surface area contributed by atoms with E-state index in [2.05, 4.69) is 0 Å². The van der Waals surface area contributed by atoms with Crippen LogP contribution in [0.5, 0.6) is 5.75 Å². The molecule has 0 aromatic heterocycles. The number of ether oxygens (including phenoxy) is 1. The van der Waals surface area contributed by atoms with Crippen LogP contribution in [-0.2, 0) is 4.79 Å². The molecular weight excluding hydrogens is 194 g/mol. The number of carbonyl (C=O) groups is 1. The molecule has 0 spiro atoms. The maximum atomic E-state index is 10.7. The van der Waals surface area contributed by atoms with Crippen LogP contribution in [0.2, 0.25) is 0 Å². The maximum Gasteiger partial charge on any atom is 0.310 e. The zero-order chi connectivity index (χ0) is 10.8. The first-order valence-electron chi connectivity index (χ1n) is 4.83. The molecule has 1 aliphatic heterocycles. The third-order valence-corrected chi connectivity index (χ3v) is 2.66. The minimum absolute atomic E-state index is 0.241. The summed E-state index contributed by atoms with van der Waals surface area (Å²) >= 11 is 0. The van der Waals surface area contributed by atoms with Crippen molar-refractivity contribution in [3.05, 3.63) is 24.3 Å². The number of rotatable bonds is 3. The summed E-state index contributed by atoms with van der Waals surface area (Å²) in [6, 6.07) is 7.64. The Labute approximate surface area is 88.1 Å². The lowest BCUT2D eigenvalue weighted by Gasteiger charge is -2.39. The van der Waals surface area contributed by atoms with Crippen LogP contribution in [0.15, 0.2) is 24.3 Å². The minimum atomic E-state index is -0.721. The van der Waals surface area contributed by atoms with Crippen LogP contribution in [0, 0.1) is 5.92 Å². The van der Waals surface area contributed by atoms with Gasteiger partial charge in [-0.15, -0.1) is 0 Å². The van der Waals surface area contributed by atoms with Crippen LogP contribution < -0.4 is 9.64 Å². The second kappa shape index (κ2) is 3.81. The summed E-state index contributed by atoms with van der Waals surface area (Å²) in [6.45, 7) is 1.13. The molecule has 1 aromatic rings. The van der Waals surface area contributed by atoms with Crippen molar-refractivity contribution in [2.45, 2.75) is 0 Å². The van der Waals surface area contributed by atoms with Gasteiger partial charge in [0.15, 0.2) is 0 Å². The fourth-order valence-electron chi connectivity index (χ4n) is 1.72. The average molecular weight is 207 g/mol. The van der Waals surface area contributed by atoms with Gasteiger partial charge in [0.2, 0.25) is 0 Å². The number of carboxylic acids is 1. The summed E-state index contributed by atoms with van der Waals surface area (Å²) in [6.07, 6.45) is 0. The van der Waals surface area contributed by atoms with Gasteiger partial charge in [-0.3, -0.25) is 4.79 Å². The Morgan fingerprint density at radius 1 is 1.47 bits per heavy atom. The Bertz CT molecular complexity index is 372. The summed E-state index contributed by atoms with van der Waals surface area (Å²) < 4.78 is 5.21. The SMILES string of the molecule is COc1ccccc1N1CC(C(=O)O)C1. The molecular formula is C11H13NO3. The molecule has 0 amide bonds. The molecule has 80 valence electrons. The lowest BCUT2D eigenvalue weighted by Crippen LogP contribution is -2.50. The molecule has 1 aromatic carbocycles. The fraction of sp³-hybridized carbons (Fsp3) is 0.364. The Morgan fingerprint density at radius 2 is 2.13 bits per heavy atom. The van der Waals surface area contributed by atoms with Gasteiger partial charge in [-0.1, -0.05) is 12.1 Å². The third-order valence-electron chi connectivity index (χ3n) is 2.66. The Hall–Kier alpha value is -1.71. The number of nitrogens with zero attached hydrogens (tertiary/aromatic N) is 1. The van der Waals surface area contributed by atoms with Crippen molar-refractivity contribution in [1.29, 1.82) is 0 Å². The molecule has 2 rings (SSSR count). The van der Waals surface area contributed by atoms with Gasteiger partial charge in [0.1, 0.15) is 5.75 Å². The van der Waals surface area contributed by atoms with Crippen molar-refractivity contribution in [3.63, 3.8) is 0 Å². The van der Waals surface area contributed by atoms with E-state index in [9.17, 15) is 4.79 Å². The first kappa shape index (κ1) is 9.83. The predicted octanol–water partition coefficient (Wildman–Crippen LogP) is 1.22. The number of aliphatic carboxylic acids is 1. The topological polar surface area (TPSA) is 49.8 Å². The molecule has 1 N–H and O–H groups in total. The summed E-state index contributed by atoms with van der Waals surface area (Å²) in [7, 11) is 1.62. The highest BCUT2D eigenvalue weighted by Crippen LogP contribution is 2.32. The van der Waals surface area contributed by atoms with E-state index < -0.39 is 5.97 Å². The smallest absolute Gasteiger partial charge is 0.310 e. The van der Waals surface area contributed by atoms with Gasteiger partial charge in [-0.25, -0.2) is 0 Å². The van der Waals surface area contributed by atoms with E-state index in [0.717, 1.165) is 11.4 Å². The van der Waals surface area contributed by atoms with E-state index in [-0.39, 0.29) is 5.92 Å². The monoisotopic (exact) mass is 207 g/mol. The highest BCUT2D eigenvalue weighted by atomic mass is 16.5. The molecule has 0 aliphatic carbocycles. The largest absolute Gasteiger partial charge is 0.495 e. The average Bonchev–Trinajstić information content (AvgIpc) is 2.15. The molecule has 4 nitrogen and oxygen atoms in total. The van der Waals surface area contributed by atoms with Crippen LogP contribution in [-0.4, -0.2) is 31.3 Å². The standard InChI is InChI=1S/C11H13NO3/c1-15-10-5-3-2-4-9(10)12-6-8(7-12)11(13)14/h2-5,8H,6-7H2,1H3,(H,13,14). The summed E-state index contributed by atoms with van der Waals surface area (Å²) in [5.74, 6) is -0.169. The second-order valence-corrected chi connectivity index (χ2v) is 3.61. The number of carboxylic acid groups (broad SMARTS) is 1. The van der Waals surface area contributed by atoms with Crippen molar-refractivity contribution in [3.8, 4) is 5.75 Å². The van der Waals surface area contributed by atoms with Crippen LogP contribution in [0.25, 0.3) is 0 Å². The predicted molar refractivity (Wildman–Crippen MR) is 56.3 cm³/mol. The van der Waals surface area contributed by atoms with Gasteiger partial charge >= 0.3 is 5.97 Å². The third kappa shape index (κ3) is 1.75. The van der Waals surface area contributed by atoms with Crippen LogP contribution in [0.3, 0.4) is 0 Å². The fourth-order valence-corrected chi connectivity index (χ4v) is 1.72. The van der Waals surface area contributed by atoms with Crippen molar-refractivity contribution < 1.29 is 14.6 Å². The summed E-state index contributed by atoms with van der Waals surface area (Å²) in [5, 5.41) is 8.77. The Kier molecular flexibility index (Phi) is 2.49. The van der Waals surface area contributed by atoms with E-state index in [1.165, 1.54) is 0 Å². The van der Waals surface area contributed by atoms with Crippen molar-refractivity contribution in [1.82, 2.24) is 0 Å². The van der Waals surface area contributed by atoms with E-state index in [4.69, 9.17) is 9.84 Å². The number of benzene rings is 1. The van der Waals surface area contributed by atoms with Gasteiger partial charge in [0.25, 0.3) is 0 Å². The first-order chi connectivity index (χ1) is 7.22. The lowest BCUT2D eigenvalue weighted by molar-refractivity contribution is -0.142. The molecule has 1 saturated heterocycles. The molecule has 0 radical (unpaired) electrons. The van der Waals surface area contributed by atoms with Crippen molar-refractivity contribution in [2.24, 2.45) is 5.92 Å². The number of hydrogen-bond donors (Lipinski definition) is 1. The Balaban J connectivity index is 2.09. The normalized spacial score (nSPS) is 15.9. The van der Waals surface area contributed by atoms with Crippen LogP contribution >= 0.6 is 0 Å². The molecule has 1 heterocycles. The quantitative estimate of drug-likeness (QED) is 0.809. The molecule has 4 heteroatoms. The highest BCUT2D eigenvalue weighted by Gasteiger charge is 2.33.